The van der Waals surface area contributed by atoms with Crippen LogP contribution in [0.5, 0.6) is 0 Å². The minimum atomic E-state index is 0.0396. The first-order chi connectivity index (χ1) is 10.1. The number of hydrogen-bond donors (Lipinski definition) is 2. The Morgan fingerprint density at radius 3 is 2.86 bits per heavy atom. The highest BCUT2D eigenvalue weighted by Gasteiger charge is 2.24. The van der Waals surface area contributed by atoms with Crippen molar-refractivity contribution in [3.8, 4) is 0 Å². The lowest BCUT2D eigenvalue weighted by molar-refractivity contribution is -0.116. The second-order valence-corrected chi connectivity index (χ2v) is 5.87. The van der Waals surface area contributed by atoms with Gasteiger partial charge < -0.3 is 10.6 Å². The van der Waals surface area contributed by atoms with E-state index in [2.05, 4.69) is 0 Å². The number of fused-ring (bicyclic) bond motifs is 1. The summed E-state index contributed by atoms with van der Waals surface area (Å²) in [7, 11) is 0. The smallest absolute Gasteiger partial charge is 0.237 e. The highest BCUT2D eigenvalue weighted by Crippen LogP contribution is 2.35. The molecule has 1 aliphatic heterocycles. The standard InChI is InChI=1S/C16H15N3OS/c17-16(18)12-5-3-4-11(8-12)9-19-13-6-1-2-7-14(13)21-10-15(19)20/h1-8H,9-10H2,(H3,17,18). The van der Waals surface area contributed by atoms with E-state index in [1.165, 1.54) is 0 Å². The molecule has 2 aromatic rings. The number of nitrogen functional groups attached to an aromatic ring is 1. The zero-order valence-corrected chi connectivity index (χ0v) is 12.2. The van der Waals surface area contributed by atoms with Crippen LogP contribution in [0.1, 0.15) is 11.1 Å². The van der Waals surface area contributed by atoms with Gasteiger partial charge in [-0.2, -0.15) is 0 Å². The second-order valence-electron chi connectivity index (χ2n) is 4.85. The molecule has 0 saturated carbocycles. The van der Waals surface area contributed by atoms with Crippen LogP contribution in [0.15, 0.2) is 53.4 Å². The molecule has 1 aliphatic rings. The number of hydrogen-bond acceptors (Lipinski definition) is 3. The minimum absolute atomic E-state index is 0.0396. The summed E-state index contributed by atoms with van der Waals surface area (Å²) in [6.07, 6.45) is 0. The zero-order valence-electron chi connectivity index (χ0n) is 11.4. The van der Waals surface area contributed by atoms with Crippen LogP contribution >= 0.6 is 11.8 Å². The predicted octanol–water partition coefficient (Wildman–Crippen LogP) is 2.61. The van der Waals surface area contributed by atoms with E-state index in [1.807, 2.05) is 42.5 Å². The van der Waals surface area contributed by atoms with E-state index in [4.69, 9.17) is 11.1 Å². The summed E-state index contributed by atoms with van der Waals surface area (Å²) in [4.78, 5) is 15.1. The third kappa shape index (κ3) is 2.78. The van der Waals surface area contributed by atoms with E-state index in [0.717, 1.165) is 16.1 Å². The fourth-order valence-electron chi connectivity index (χ4n) is 2.35. The largest absolute Gasteiger partial charge is 0.384 e. The van der Waals surface area contributed by atoms with Gasteiger partial charge in [-0.25, -0.2) is 0 Å². The Bertz CT molecular complexity index is 714. The van der Waals surface area contributed by atoms with Gasteiger partial charge >= 0.3 is 0 Å². The van der Waals surface area contributed by atoms with Gasteiger partial charge in [0.15, 0.2) is 0 Å². The van der Waals surface area contributed by atoms with Crippen LogP contribution in [0.25, 0.3) is 0 Å². The molecule has 106 valence electrons. The number of carbonyl (C=O) groups excluding carboxylic acids is 1. The molecule has 1 amide bonds. The Hall–Kier alpha value is -2.27. The monoisotopic (exact) mass is 297 g/mol. The van der Waals surface area contributed by atoms with Crippen LogP contribution in [0.4, 0.5) is 5.69 Å². The molecule has 3 rings (SSSR count). The lowest BCUT2D eigenvalue weighted by Gasteiger charge is -2.29. The predicted molar refractivity (Wildman–Crippen MR) is 85.8 cm³/mol. The quantitative estimate of drug-likeness (QED) is 0.676. The van der Waals surface area contributed by atoms with Crippen LogP contribution < -0.4 is 10.6 Å². The van der Waals surface area contributed by atoms with Gasteiger partial charge in [0.1, 0.15) is 5.84 Å². The zero-order chi connectivity index (χ0) is 14.8. The topological polar surface area (TPSA) is 70.2 Å². The van der Waals surface area contributed by atoms with Crippen molar-refractivity contribution in [2.24, 2.45) is 5.73 Å². The van der Waals surface area contributed by atoms with E-state index in [1.54, 1.807) is 22.7 Å². The van der Waals surface area contributed by atoms with Gasteiger partial charge in [0, 0.05) is 10.5 Å². The molecule has 21 heavy (non-hydrogen) atoms. The minimum Gasteiger partial charge on any atom is -0.384 e. The Morgan fingerprint density at radius 1 is 1.24 bits per heavy atom. The normalized spacial score (nSPS) is 13.9. The number of benzene rings is 2. The van der Waals surface area contributed by atoms with Crippen molar-refractivity contribution in [3.05, 3.63) is 59.7 Å². The first-order valence-electron chi connectivity index (χ1n) is 6.60. The molecule has 0 bridgehead atoms. The van der Waals surface area contributed by atoms with Crippen molar-refractivity contribution < 1.29 is 4.79 Å². The van der Waals surface area contributed by atoms with Crippen molar-refractivity contribution in [3.63, 3.8) is 0 Å². The molecule has 0 spiro atoms. The van der Waals surface area contributed by atoms with E-state index < -0.39 is 0 Å². The molecule has 4 nitrogen and oxygen atoms in total. The van der Waals surface area contributed by atoms with Crippen LogP contribution in [0.2, 0.25) is 0 Å². The van der Waals surface area contributed by atoms with Crippen LogP contribution in [-0.4, -0.2) is 17.5 Å². The molecule has 0 fully saturated rings. The third-order valence-electron chi connectivity index (χ3n) is 3.39. The maximum absolute atomic E-state index is 12.2. The second kappa shape index (κ2) is 5.61. The van der Waals surface area contributed by atoms with Gasteiger partial charge in [-0.1, -0.05) is 30.3 Å². The first-order valence-corrected chi connectivity index (χ1v) is 7.59. The van der Waals surface area contributed by atoms with Gasteiger partial charge in [-0.3, -0.25) is 10.2 Å². The summed E-state index contributed by atoms with van der Waals surface area (Å²) in [6, 6.07) is 15.4. The highest BCUT2D eigenvalue weighted by molar-refractivity contribution is 8.00. The molecule has 0 aliphatic carbocycles. The van der Waals surface area contributed by atoms with Crippen LogP contribution in [-0.2, 0) is 11.3 Å². The number of rotatable bonds is 3. The molecular weight excluding hydrogens is 282 g/mol. The number of carbonyl (C=O) groups is 1. The van der Waals surface area contributed by atoms with E-state index >= 15 is 0 Å². The molecule has 3 N–H and O–H groups in total. The van der Waals surface area contributed by atoms with Gasteiger partial charge in [0.05, 0.1) is 18.0 Å². The SMILES string of the molecule is N=C(N)c1cccc(CN2C(=O)CSc3ccccc32)c1. The summed E-state index contributed by atoms with van der Waals surface area (Å²) >= 11 is 1.57. The Balaban J connectivity index is 1.92. The van der Waals surface area contributed by atoms with Crippen LogP contribution in [0.3, 0.4) is 0 Å². The van der Waals surface area contributed by atoms with Gasteiger partial charge in [-0.05, 0) is 23.8 Å². The number of nitrogens with zero attached hydrogens (tertiary/aromatic N) is 1. The number of amides is 1. The fraction of sp³-hybridized carbons (Fsp3) is 0.125. The van der Waals surface area contributed by atoms with Crippen molar-refractivity contribution >= 4 is 29.2 Å². The first kappa shape index (κ1) is 13.7. The van der Waals surface area contributed by atoms with E-state index in [9.17, 15) is 4.79 Å². The third-order valence-corrected chi connectivity index (χ3v) is 4.43. The molecule has 0 saturated heterocycles. The lowest BCUT2D eigenvalue weighted by atomic mass is 10.1. The average molecular weight is 297 g/mol. The molecule has 0 unspecified atom stereocenters. The number of anilines is 1. The number of thioether (sulfide) groups is 1. The maximum atomic E-state index is 12.2. The molecule has 1 heterocycles. The van der Waals surface area contributed by atoms with Crippen molar-refractivity contribution in [2.75, 3.05) is 10.7 Å². The molecule has 0 radical (unpaired) electrons. The summed E-state index contributed by atoms with van der Waals surface area (Å²) in [5.41, 5.74) is 8.12. The van der Waals surface area contributed by atoms with Gasteiger partial charge in [-0.15, -0.1) is 11.8 Å². The molecular formula is C16H15N3OS. The molecule has 0 aromatic heterocycles. The number of para-hydroxylation sites is 1. The summed E-state index contributed by atoms with van der Waals surface area (Å²) in [5.74, 6) is 0.605. The van der Waals surface area contributed by atoms with Crippen molar-refractivity contribution in [1.29, 1.82) is 5.41 Å². The fourth-order valence-corrected chi connectivity index (χ4v) is 3.28. The Labute approximate surface area is 127 Å². The number of nitrogens with two attached hydrogens (primary N) is 1. The Kier molecular flexibility index (Phi) is 3.66. The number of amidine groups is 1. The van der Waals surface area contributed by atoms with Crippen molar-refractivity contribution in [1.82, 2.24) is 0 Å². The van der Waals surface area contributed by atoms with Crippen LogP contribution in [0, 0.1) is 5.41 Å². The Morgan fingerprint density at radius 2 is 2.05 bits per heavy atom. The van der Waals surface area contributed by atoms with Crippen molar-refractivity contribution in [2.45, 2.75) is 11.4 Å². The number of nitrogens with one attached hydrogen (secondary N) is 1. The molecule has 2 aromatic carbocycles. The highest BCUT2D eigenvalue weighted by atomic mass is 32.2. The van der Waals surface area contributed by atoms with Gasteiger partial charge in [0.2, 0.25) is 5.91 Å². The van der Waals surface area contributed by atoms with E-state index in [-0.39, 0.29) is 11.7 Å². The molecule has 5 heteroatoms. The van der Waals surface area contributed by atoms with Gasteiger partial charge in [0.25, 0.3) is 0 Å². The summed E-state index contributed by atoms with van der Waals surface area (Å²) in [5, 5.41) is 7.50. The summed E-state index contributed by atoms with van der Waals surface area (Å²) in [6.45, 7) is 0.498. The average Bonchev–Trinajstić information content (AvgIpc) is 2.50. The summed E-state index contributed by atoms with van der Waals surface area (Å²) < 4.78 is 0. The maximum Gasteiger partial charge on any atom is 0.237 e. The molecule has 0 atom stereocenters. The lowest BCUT2D eigenvalue weighted by Crippen LogP contribution is -2.34. The van der Waals surface area contributed by atoms with E-state index in [0.29, 0.717) is 17.9 Å².